The van der Waals surface area contributed by atoms with E-state index in [0.717, 1.165) is 57.8 Å². The number of benzene rings is 5. The molecule has 0 radical (unpaired) electrons. The van der Waals surface area contributed by atoms with Crippen LogP contribution in [0.4, 0.5) is 13.2 Å². The molecule has 4 heterocycles. The molecule has 676 valence electrons. The summed E-state index contributed by atoms with van der Waals surface area (Å²) in [6, 6.07) is 43.3. The number of phenols is 2. The number of carbonyl (C=O) groups is 6. The molecule has 9 fully saturated rings. The summed E-state index contributed by atoms with van der Waals surface area (Å²) >= 11 is 0. The van der Waals surface area contributed by atoms with Crippen molar-refractivity contribution in [3.05, 3.63) is 139 Å². The number of fused-ring (bicyclic) bond motifs is 4. The van der Waals surface area contributed by atoms with Gasteiger partial charge in [-0.25, -0.2) is 8.42 Å². The van der Waals surface area contributed by atoms with Gasteiger partial charge in [0.2, 0.25) is 6.10 Å². The third kappa shape index (κ3) is 26.7. The van der Waals surface area contributed by atoms with Crippen LogP contribution in [0.1, 0.15) is 305 Å². The first-order valence-electron chi connectivity index (χ1n) is 42.7. The average Bonchev–Trinajstić information content (AvgIpc) is 1.66. The number of ether oxygens (including phenoxy) is 7. The van der Waals surface area contributed by atoms with Crippen molar-refractivity contribution in [2.75, 3.05) is 5.75 Å². The zero-order valence-electron chi connectivity index (χ0n) is 72.8. The van der Waals surface area contributed by atoms with E-state index in [1.165, 1.54) is 61.9 Å². The molecular weight excluding hydrogens is 1590 g/mol. The zero-order valence-corrected chi connectivity index (χ0v) is 74.5. The normalized spacial score (nSPS) is 23.7. The average molecular weight is 1730 g/mol. The largest absolute Gasteiger partial charge is 0.748 e. The predicted octanol–water partition coefficient (Wildman–Crippen LogP) is 24.4. The number of halogens is 3. The summed E-state index contributed by atoms with van der Waals surface area (Å²) in [5, 5.41) is 21.0. The van der Waals surface area contributed by atoms with Crippen LogP contribution in [0.3, 0.4) is 0 Å². The van der Waals surface area contributed by atoms with E-state index in [2.05, 4.69) is 125 Å². The van der Waals surface area contributed by atoms with Crippen molar-refractivity contribution in [3.63, 3.8) is 0 Å². The van der Waals surface area contributed by atoms with Gasteiger partial charge in [0, 0.05) is 27.7 Å². The van der Waals surface area contributed by atoms with Gasteiger partial charge in [0.1, 0.15) is 34.4 Å². The second-order valence-corrected chi connectivity index (χ2v) is 40.6. The van der Waals surface area contributed by atoms with Crippen molar-refractivity contribution in [3.8, 4) is 16.4 Å². The minimum Gasteiger partial charge on any atom is -0.748 e. The van der Waals surface area contributed by atoms with Crippen LogP contribution < -0.4 is 0 Å². The van der Waals surface area contributed by atoms with Crippen molar-refractivity contribution in [2.24, 2.45) is 44.8 Å². The van der Waals surface area contributed by atoms with Crippen molar-refractivity contribution in [2.45, 2.75) is 347 Å². The van der Waals surface area contributed by atoms with Crippen LogP contribution in [0, 0.1) is 44.8 Å². The molecule has 6 aromatic rings. The molecule has 9 aliphatic rings. The van der Waals surface area contributed by atoms with Crippen LogP contribution in [-0.2, 0) is 72.0 Å². The van der Waals surface area contributed by atoms with Gasteiger partial charge in [0.25, 0.3) is 0 Å². The van der Waals surface area contributed by atoms with E-state index in [1.54, 1.807) is 32.0 Å². The highest BCUT2D eigenvalue weighted by Gasteiger charge is 2.66. The number of alkyl halides is 3. The first-order valence-corrected chi connectivity index (χ1v) is 45.5. The molecule has 0 spiro atoms. The number of rotatable bonds is 21. The van der Waals surface area contributed by atoms with Gasteiger partial charge >= 0.3 is 42.0 Å². The van der Waals surface area contributed by atoms with Gasteiger partial charge in [-0.15, -0.1) is 0 Å². The quantitative estimate of drug-likeness (QED) is 0.0293. The van der Waals surface area contributed by atoms with E-state index in [9.17, 15) is 54.9 Å². The van der Waals surface area contributed by atoms with Gasteiger partial charge in [0.05, 0.1) is 55.0 Å². The van der Waals surface area contributed by atoms with Crippen molar-refractivity contribution >= 4 is 76.6 Å². The lowest BCUT2D eigenvalue weighted by Crippen LogP contribution is -2.61. The molecule has 5 aromatic carbocycles. The Kier molecular flexibility index (Phi) is 36.8. The molecule has 3 saturated heterocycles. The second kappa shape index (κ2) is 42.9. The monoisotopic (exact) mass is 1730 g/mol. The summed E-state index contributed by atoms with van der Waals surface area (Å²) in [5.74, 6) is -2.27. The lowest BCUT2D eigenvalue weighted by molar-refractivity contribution is -0.239. The standard InChI is InChI=1S/C20H29F3O7S.C18H13S.C13H18O5.2C12H22O2.2C10H14O.3CH4/c1-4-17(2,3)15(24)30-19-8-12-5-13(9-19)7-18(6-12,11-19)16(25)29-14(20(21,22)23)10-31(26,27)28;1-2-8-14(9-3-1)19-17-12-6-4-10-15(17)16-11-5-7-13-18(16)19;1-4-13(2,3)12(15)18-9-7-5-6-8(16-7)10(9)17-11(6)14;2*1-5-11(2,3)10(13)14-12(4)8-6-7-9-12;1-3-8(2)9-4-6-10(11)7-5-9;1-3-8(2)9-5-4-6-10(11)7-9;;;/h12-14H,4-11H2,1-3H3,(H,26,27,28);1-13H;6-10H,4-5H2,1-3H3;2*5-9H2,1-4H3;2*4-8,11H,3H2,1-2H3;3*1H4/q;+1;;;;;;;;/p-1. The third-order valence-electron chi connectivity index (χ3n) is 26.1. The first-order chi connectivity index (χ1) is 55.1. The molecule has 6 aliphatic carbocycles. The molecule has 121 heavy (non-hydrogen) atoms. The van der Waals surface area contributed by atoms with E-state index < -0.39 is 74.1 Å². The lowest BCUT2D eigenvalue weighted by atomic mass is 9.48. The number of aromatic hydroxyl groups is 2. The van der Waals surface area contributed by atoms with Crippen LogP contribution in [0.5, 0.6) is 11.5 Å². The van der Waals surface area contributed by atoms with Gasteiger partial charge in [-0.05, 0) is 293 Å². The molecule has 10 atom stereocenters. The Hall–Kier alpha value is -7.60. The number of esters is 6. The maximum atomic E-state index is 13.3. The van der Waals surface area contributed by atoms with Crippen LogP contribution in [0.15, 0.2) is 127 Å². The maximum Gasteiger partial charge on any atom is 0.426 e. The molecule has 18 nitrogen and oxygen atoms in total. The Morgan fingerprint density at radius 3 is 1.43 bits per heavy atom. The third-order valence-corrected chi connectivity index (χ3v) is 29.1. The summed E-state index contributed by atoms with van der Waals surface area (Å²) in [5.41, 5.74) is -1.96. The molecule has 23 heteroatoms. The fourth-order valence-electron chi connectivity index (χ4n) is 16.7. The van der Waals surface area contributed by atoms with Crippen LogP contribution in [0.2, 0.25) is 0 Å². The van der Waals surface area contributed by atoms with Gasteiger partial charge in [-0.1, -0.05) is 144 Å². The molecule has 6 saturated carbocycles. The van der Waals surface area contributed by atoms with Crippen LogP contribution >= 0.6 is 10.5 Å². The lowest BCUT2D eigenvalue weighted by Gasteiger charge is -2.60. The Balaban J connectivity index is 0.000000258. The Morgan fingerprint density at radius 1 is 0.554 bits per heavy atom. The summed E-state index contributed by atoms with van der Waals surface area (Å²) in [4.78, 5) is 74.4. The summed E-state index contributed by atoms with van der Waals surface area (Å²) < 4.78 is 114. The van der Waals surface area contributed by atoms with Crippen molar-refractivity contribution in [1.82, 2.24) is 0 Å². The topological polar surface area (TPSA) is 265 Å². The molecular formula is C98H143F3O18S2. The maximum absolute atomic E-state index is 13.3. The molecule has 3 aliphatic heterocycles. The van der Waals surface area contributed by atoms with Gasteiger partial charge in [0.15, 0.2) is 26.5 Å². The number of thiophene rings is 1. The minimum atomic E-state index is -5.27. The molecule has 2 N–H and O–H groups in total. The zero-order chi connectivity index (χ0) is 87.4. The molecule has 0 amide bonds. The molecule has 6 bridgehead atoms. The van der Waals surface area contributed by atoms with E-state index in [-0.39, 0.29) is 115 Å². The molecule has 15 rings (SSSR count). The summed E-state index contributed by atoms with van der Waals surface area (Å²) in [6.45, 7) is 35.6. The Morgan fingerprint density at radius 2 is 0.992 bits per heavy atom. The predicted molar refractivity (Wildman–Crippen MR) is 474 cm³/mol. The number of carbonyl (C=O) groups excluding carboxylic acids is 6. The van der Waals surface area contributed by atoms with Crippen LogP contribution in [-0.4, -0.2) is 118 Å². The number of hydrogen-bond acceptors (Lipinski definition) is 18. The van der Waals surface area contributed by atoms with E-state index >= 15 is 0 Å². The molecule has 1 aromatic heterocycles. The minimum absolute atomic E-state index is 0. The van der Waals surface area contributed by atoms with Gasteiger partial charge < -0.3 is 47.9 Å². The fourth-order valence-corrected chi connectivity index (χ4v) is 19.7. The Labute approximate surface area is 723 Å². The summed E-state index contributed by atoms with van der Waals surface area (Å²) in [6.07, 6.45) is 7.79. The van der Waals surface area contributed by atoms with E-state index in [0.29, 0.717) is 68.3 Å². The van der Waals surface area contributed by atoms with Gasteiger partial charge in [-0.3, -0.25) is 28.8 Å². The van der Waals surface area contributed by atoms with Gasteiger partial charge in [-0.2, -0.15) is 13.2 Å². The summed E-state index contributed by atoms with van der Waals surface area (Å²) in [7, 11) is -5.21. The number of phenolic OH excluding ortho intramolecular Hbond substituents is 2. The van der Waals surface area contributed by atoms with Crippen LogP contribution in [0.25, 0.3) is 25.1 Å². The van der Waals surface area contributed by atoms with E-state index in [4.69, 9.17) is 38.6 Å². The smallest absolute Gasteiger partial charge is 0.426 e. The SMILES string of the molecule is C.C.C.CCC(C)(C)C(=O)OC1(C)CCCC1.CCC(C)(C)C(=O)OC1(C)CCCC1.CCC(C)(C)C(=O)OC12CC3CC(C1)CC(C(=O)OC(CS(=O)(=O)[O-])C(F)(F)F)(C3)C2.CCC(C)(C)C(=O)OC1C2CC3C(=O)OC1C3O2.CCC(C)c1ccc(O)cc1.CCC(C)c1cccc(O)c1.c1ccc(-[s+]2c3ccccc3c3ccccc32)cc1. The second-order valence-electron chi connectivity index (χ2n) is 37.2. The van der Waals surface area contributed by atoms with E-state index in [1.807, 2.05) is 99.6 Å². The molecule has 10 unspecified atom stereocenters. The highest BCUT2D eigenvalue weighted by molar-refractivity contribution is 7.85. The van der Waals surface area contributed by atoms with Crippen molar-refractivity contribution in [1.29, 1.82) is 0 Å². The van der Waals surface area contributed by atoms with Crippen molar-refractivity contribution < 1.29 is 98.3 Å². The first kappa shape index (κ1) is 104. The highest BCUT2D eigenvalue weighted by Crippen LogP contribution is 2.64. The number of hydrogen-bond donors (Lipinski definition) is 2. The highest BCUT2D eigenvalue weighted by atomic mass is 32.2. The Bertz CT molecular complexity index is 4360. The fraction of sp³-hybridized carbons (Fsp3) is 0.633.